The van der Waals surface area contributed by atoms with E-state index in [-0.39, 0.29) is 5.54 Å². The number of rotatable bonds is 4. The summed E-state index contributed by atoms with van der Waals surface area (Å²) >= 11 is 0. The molecular weight excluding hydrogens is 234 g/mol. The van der Waals surface area contributed by atoms with E-state index in [4.69, 9.17) is 0 Å². The van der Waals surface area contributed by atoms with E-state index in [1.54, 1.807) is 0 Å². The first-order valence-corrected chi connectivity index (χ1v) is 7.31. The van der Waals surface area contributed by atoms with Crippen LogP contribution in [0.5, 0.6) is 0 Å². The van der Waals surface area contributed by atoms with Gasteiger partial charge in [-0.3, -0.25) is 4.68 Å². The third kappa shape index (κ3) is 2.58. The fraction of sp³-hybridized carbons (Fsp3) is 0.812. The Hall–Kier alpha value is -0.830. The summed E-state index contributed by atoms with van der Waals surface area (Å²) in [4.78, 5) is 0. The fourth-order valence-electron chi connectivity index (χ4n) is 3.02. The zero-order valence-corrected chi connectivity index (χ0v) is 13.5. The van der Waals surface area contributed by atoms with Crippen molar-refractivity contribution in [1.29, 1.82) is 0 Å². The summed E-state index contributed by atoms with van der Waals surface area (Å²) in [6.45, 7) is 18.0. The maximum atomic E-state index is 4.43. The van der Waals surface area contributed by atoms with Crippen molar-refractivity contribution in [3.8, 4) is 0 Å². The highest BCUT2D eigenvalue weighted by Crippen LogP contribution is 2.67. The topological polar surface area (TPSA) is 29.9 Å². The third-order valence-electron chi connectivity index (χ3n) is 5.32. The van der Waals surface area contributed by atoms with Crippen LogP contribution >= 0.6 is 0 Å². The van der Waals surface area contributed by atoms with Gasteiger partial charge in [-0.2, -0.15) is 5.10 Å². The van der Waals surface area contributed by atoms with Crippen LogP contribution in [-0.4, -0.2) is 16.3 Å². The molecule has 1 fully saturated rings. The molecule has 0 atom stereocenters. The van der Waals surface area contributed by atoms with E-state index in [1.165, 1.54) is 5.56 Å². The summed E-state index contributed by atoms with van der Waals surface area (Å²) < 4.78 is 2.04. The van der Waals surface area contributed by atoms with Gasteiger partial charge in [-0.25, -0.2) is 0 Å². The molecule has 2 rings (SSSR count). The zero-order valence-electron chi connectivity index (χ0n) is 13.5. The van der Waals surface area contributed by atoms with Crippen molar-refractivity contribution >= 4 is 0 Å². The van der Waals surface area contributed by atoms with Crippen LogP contribution in [0.25, 0.3) is 0 Å². The van der Waals surface area contributed by atoms with E-state index in [9.17, 15) is 0 Å². The zero-order chi connectivity index (χ0) is 14.5. The van der Waals surface area contributed by atoms with Crippen molar-refractivity contribution in [2.75, 3.05) is 6.54 Å². The second-order valence-corrected chi connectivity index (χ2v) is 8.09. The highest BCUT2D eigenvalue weighted by Gasteiger charge is 2.63. The maximum Gasteiger partial charge on any atom is 0.0543 e. The predicted molar refractivity (Wildman–Crippen MR) is 80.0 cm³/mol. The average molecular weight is 263 g/mol. The summed E-state index contributed by atoms with van der Waals surface area (Å²) in [6.07, 6.45) is 4.12. The van der Waals surface area contributed by atoms with Crippen molar-refractivity contribution in [2.24, 2.45) is 16.7 Å². The van der Waals surface area contributed by atoms with Gasteiger partial charge in [0, 0.05) is 18.3 Å². The molecule has 3 nitrogen and oxygen atoms in total. The standard InChI is InChI=1S/C16H29N3/c1-14(2,3)19-11-12(9-18-19)8-17-10-13-15(4,5)16(13,6)7/h9,11,13,17H,8,10H2,1-7H3. The van der Waals surface area contributed by atoms with E-state index in [1.807, 2.05) is 10.9 Å². The Morgan fingerprint density at radius 3 is 2.21 bits per heavy atom. The molecule has 0 amide bonds. The second-order valence-electron chi connectivity index (χ2n) is 8.09. The lowest BCUT2D eigenvalue weighted by molar-refractivity contribution is 0.355. The molecule has 19 heavy (non-hydrogen) atoms. The summed E-state index contributed by atoms with van der Waals surface area (Å²) in [5, 5.41) is 8.02. The van der Waals surface area contributed by atoms with Crippen LogP contribution in [0.2, 0.25) is 0 Å². The SMILES string of the molecule is CC(C)(C)n1cc(CNCC2C(C)(C)C2(C)C)cn1. The molecular formula is C16H29N3. The van der Waals surface area contributed by atoms with E-state index in [0.29, 0.717) is 10.8 Å². The van der Waals surface area contributed by atoms with Gasteiger partial charge in [0.05, 0.1) is 11.7 Å². The van der Waals surface area contributed by atoms with Crippen molar-refractivity contribution in [3.63, 3.8) is 0 Å². The Morgan fingerprint density at radius 1 is 1.21 bits per heavy atom. The Bertz CT molecular complexity index is 435. The molecule has 0 saturated heterocycles. The van der Waals surface area contributed by atoms with Gasteiger partial charge in [-0.15, -0.1) is 0 Å². The van der Waals surface area contributed by atoms with Crippen LogP contribution in [0.15, 0.2) is 12.4 Å². The minimum Gasteiger partial charge on any atom is -0.312 e. The van der Waals surface area contributed by atoms with Gasteiger partial charge in [-0.05, 0) is 44.1 Å². The summed E-state index contributed by atoms with van der Waals surface area (Å²) in [5.74, 6) is 0.776. The average Bonchev–Trinajstić information content (AvgIpc) is 2.67. The third-order valence-corrected chi connectivity index (χ3v) is 5.32. The number of nitrogens with one attached hydrogen (secondary N) is 1. The van der Waals surface area contributed by atoms with E-state index in [0.717, 1.165) is 19.0 Å². The molecule has 0 bridgehead atoms. The highest BCUT2D eigenvalue weighted by atomic mass is 15.3. The predicted octanol–water partition coefficient (Wildman–Crippen LogP) is 3.41. The van der Waals surface area contributed by atoms with Gasteiger partial charge in [-0.1, -0.05) is 27.7 Å². The molecule has 1 aliphatic carbocycles. The molecule has 1 heterocycles. The van der Waals surface area contributed by atoms with Crippen molar-refractivity contribution < 1.29 is 0 Å². The minimum absolute atomic E-state index is 0.0682. The number of hydrogen-bond donors (Lipinski definition) is 1. The Labute approximate surface area is 117 Å². The molecule has 1 N–H and O–H groups in total. The molecule has 0 radical (unpaired) electrons. The van der Waals surface area contributed by atoms with Crippen LogP contribution < -0.4 is 5.32 Å². The van der Waals surface area contributed by atoms with E-state index in [2.05, 4.69) is 65.1 Å². The van der Waals surface area contributed by atoms with E-state index < -0.39 is 0 Å². The van der Waals surface area contributed by atoms with Gasteiger partial charge in [0.2, 0.25) is 0 Å². The molecule has 108 valence electrons. The fourth-order valence-corrected chi connectivity index (χ4v) is 3.02. The van der Waals surface area contributed by atoms with Gasteiger partial charge in [0.1, 0.15) is 0 Å². The Morgan fingerprint density at radius 2 is 1.79 bits per heavy atom. The van der Waals surface area contributed by atoms with Crippen LogP contribution in [0.1, 0.15) is 54.0 Å². The van der Waals surface area contributed by atoms with Gasteiger partial charge in [0.15, 0.2) is 0 Å². The lowest BCUT2D eigenvalue weighted by atomic mass is 10.0. The first-order valence-electron chi connectivity index (χ1n) is 7.31. The van der Waals surface area contributed by atoms with Gasteiger partial charge < -0.3 is 5.32 Å². The van der Waals surface area contributed by atoms with Gasteiger partial charge in [0.25, 0.3) is 0 Å². The number of nitrogens with zero attached hydrogens (tertiary/aromatic N) is 2. The van der Waals surface area contributed by atoms with Crippen LogP contribution in [-0.2, 0) is 12.1 Å². The smallest absolute Gasteiger partial charge is 0.0543 e. The quantitative estimate of drug-likeness (QED) is 0.902. The van der Waals surface area contributed by atoms with Gasteiger partial charge >= 0.3 is 0 Å². The largest absolute Gasteiger partial charge is 0.312 e. The van der Waals surface area contributed by atoms with Crippen LogP contribution in [0.4, 0.5) is 0 Å². The summed E-state index contributed by atoms with van der Waals surface area (Å²) in [7, 11) is 0. The lowest BCUT2D eigenvalue weighted by Crippen LogP contribution is -2.22. The molecule has 1 aliphatic rings. The molecule has 0 unspecified atom stereocenters. The monoisotopic (exact) mass is 263 g/mol. The molecule has 0 aromatic carbocycles. The van der Waals surface area contributed by atoms with Crippen LogP contribution in [0.3, 0.4) is 0 Å². The Kier molecular flexibility index (Phi) is 3.33. The normalized spacial score (nSPS) is 21.6. The first-order chi connectivity index (χ1) is 8.57. The van der Waals surface area contributed by atoms with E-state index >= 15 is 0 Å². The lowest BCUT2D eigenvalue weighted by Gasteiger charge is -2.18. The van der Waals surface area contributed by atoms with Crippen LogP contribution in [0, 0.1) is 16.7 Å². The molecule has 1 aromatic heterocycles. The molecule has 0 spiro atoms. The maximum absolute atomic E-state index is 4.43. The second kappa shape index (κ2) is 4.34. The number of aromatic nitrogens is 2. The summed E-state index contributed by atoms with van der Waals surface area (Å²) in [5.41, 5.74) is 2.27. The molecule has 0 aliphatic heterocycles. The summed E-state index contributed by atoms with van der Waals surface area (Å²) in [6, 6.07) is 0. The van der Waals surface area contributed by atoms with Crippen molar-refractivity contribution in [1.82, 2.24) is 15.1 Å². The highest BCUT2D eigenvalue weighted by molar-refractivity contribution is 5.13. The molecule has 1 saturated carbocycles. The first kappa shape index (κ1) is 14.6. The van der Waals surface area contributed by atoms with Crippen molar-refractivity contribution in [3.05, 3.63) is 18.0 Å². The molecule has 3 heteroatoms. The molecule has 1 aromatic rings. The Balaban J connectivity index is 1.83. The van der Waals surface area contributed by atoms with Crippen molar-refractivity contribution in [2.45, 2.75) is 60.5 Å². The minimum atomic E-state index is 0.0682. The number of hydrogen-bond acceptors (Lipinski definition) is 2.